The molecule has 0 saturated carbocycles. The van der Waals surface area contributed by atoms with Crippen molar-refractivity contribution in [1.29, 1.82) is 0 Å². The molecule has 0 spiro atoms. The maximum atomic E-state index is 13.5. The van der Waals surface area contributed by atoms with E-state index < -0.39 is 0 Å². The fourth-order valence-electron chi connectivity index (χ4n) is 5.53. The molecular weight excluding hydrogens is 444 g/mol. The SMILES string of the molecule is COC(=O)c1ccc(C(CC(=O)c2ccc(C)cc2)c2cc3c(cc2C)C(C)(C)CCC3(C)C)cc1. The van der Waals surface area contributed by atoms with Gasteiger partial charge in [0.05, 0.1) is 12.7 Å². The zero-order chi connectivity index (χ0) is 26.3. The number of fused-ring (bicyclic) bond motifs is 1. The van der Waals surface area contributed by atoms with E-state index in [1.54, 1.807) is 12.1 Å². The van der Waals surface area contributed by atoms with E-state index in [0.717, 1.165) is 29.5 Å². The lowest BCUT2D eigenvalue weighted by Crippen LogP contribution is -2.34. The molecule has 3 heteroatoms. The second-order valence-electron chi connectivity index (χ2n) is 11.7. The summed E-state index contributed by atoms with van der Waals surface area (Å²) in [5.41, 5.74) is 8.81. The van der Waals surface area contributed by atoms with Gasteiger partial charge in [-0.05, 0) is 77.5 Å². The minimum absolute atomic E-state index is 0.0769. The average molecular weight is 483 g/mol. The number of esters is 1. The first-order valence-electron chi connectivity index (χ1n) is 12.9. The normalized spacial score (nSPS) is 16.6. The Morgan fingerprint density at radius 1 is 0.806 bits per heavy atom. The Balaban J connectivity index is 1.83. The molecule has 4 rings (SSSR count). The molecule has 3 aromatic rings. The van der Waals surface area contributed by atoms with Crippen LogP contribution < -0.4 is 0 Å². The minimum Gasteiger partial charge on any atom is -0.465 e. The molecule has 36 heavy (non-hydrogen) atoms. The Labute approximate surface area is 215 Å². The van der Waals surface area contributed by atoms with Gasteiger partial charge in [0, 0.05) is 17.9 Å². The van der Waals surface area contributed by atoms with Gasteiger partial charge in [0.15, 0.2) is 5.78 Å². The van der Waals surface area contributed by atoms with Gasteiger partial charge < -0.3 is 4.74 Å². The van der Waals surface area contributed by atoms with Crippen molar-refractivity contribution >= 4 is 11.8 Å². The number of benzene rings is 3. The smallest absolute Gasteiger partial charge is 0.337 e. The van der Waals surface area contributed by atoms with Gasteiger partial charge in [0.25, 0.3) is 0 Å². The van der Waals surface area contributed by atoms with E-state index in [1.807, 2.05) is 43.3 Å². The number of Topliss-reactive ketones (excluding diaryl/α,β-unsaturated/α-hetero) is 1. The number of hydrogen-bond donors (Lipinski definition) is 0. The summed E-state index contributed by atoms with van der Waals surface area (Å²) in [6, 6.07) is 20.1. The third-order valence-corrected chi connectivity index (χ3v) is 8.11. The fourth-order valence-corrected chi connectivity index (χ4v) is 5.53. The van der Waals surface area contributed by atoms with Crippen LogP contribution in [0.15, 0.2) is 60.7 Å². The molecule has 0 bridgehead atoms. The Morgan fingerprint density at radius 2 is 1.33 bits per heavy atom. The molecule has 0 radical (unpaired) electrons. The van der Waals surface area contributed by atoms with E-state index in [9.17, 15) is 9.59 Å². The van der Waals surface area contributed by atoms with Crippen LogP contribution in [0.25, 0.3) is 0 Å². The number of ketones is 1. The third-order valence-electron chi connectivity index (χ3n) is 8.11. The van der Waals surface area contributed by atoms with E-state index in [4.69, 9.17) is 4.74 Å². The van der Waals surface area contributed by atoms with Crippen molar-refractivity contribution in [2.75, 3.05) is 7.11 Å². The predicted octanol–water partition coefficient (Wildman–Crippen LogP) is 7.84. The van der Waals surface area contributed by atoms with Crippen LogP contribution >= 0.6 is 0 Å². The lowest BCUT2D eigenvalue weighted by molar-refractivity contribution is 0.0600. The molecule has 0 heterocycles. The Kier molecular flexibility index (Phi) is 6.96. The Morgan fingerprint density at radius 3 is 1.89 bits per heavy atom. The number of rotatable bonds is 6. The van der Waals surface area contributed by atoms with E-state index in [1.165, 1.54) is 29.4 Å². The molecule has 1 aliphatic carbocycles. The summed E-state index contributed by atoms with van der Waals surface area (Å²) in [4.78, 5) is 25.5. The van der Waals surface area contributed by atoms with Crippen molar-refractivity contribution in [2.45, 2.75) is 77.6 Å². The molecule has 0 aromatic heterocycles. The van der Waals surface area contributed by atoms with Crippen molar-refractivity contribution in [3.8, 4) is 0 Å². The van der Waals surface area contributed by atoms with E-state index in [0.29, 0.717) is 12.0 Å². The van der Waals surface area contributed by atoms with Crippen LogP contribution in [0.3, 0.4) is 0 Å². The number of aryl methyl sites for hydroxylation is 2. The second kappa shape index (κ2) is 9.69. The zero-order valence-corrected chi connectivity index (χ0v) is 22.7. The number of carbonyl (C=O) groups excluding carboxylic acids is 2. The fraction of sp³-hybridized carbons (Fsp3) is 0.394. The summed E-state index contributed by atoms with van der Waals surface area (Å²) in [5.74, 6) is -0.354. The third kappa shape index (κ3) is 5.02. The van der Waals surface area contributed by atoms with Crippen molar-refractivity contribution in [3.63, 3.8) is 0 Å². The molecule has 3 aromatic carbocycles. The molecule has 0 aliphatic heterocycles. The molecule has 1 unspecified atom stereocenters. The molecule has 0 amide bonds. The summed E-state index contributed by atoms with van der Waals surface area (Å²) >= 11 is 0. The van der Waals surface area contributed by atoms with Gasteiger partial charge in [-0.15, -0.1) is 0 Å². The highest BCUT2D eigenvalue weighted by Gasteiger charge is 2.38. The first-order valence-corrected chi connectivity index (χ1v) is 12.9. The molecule has 3 nitrogen and oxygen atoms in total. The molecule has 0 N–H and O–H groups in total. The van der Waals surface area contributed by atoms with Gasteiger partial charge in [-0.25, -0.2) is 4.79 Å². The molecule has 1 aliphatic rings. The van der Waals surface area contributed by atoms with Crippen molar-refractivity contribution in [1.82, 2.24) is 0 Å². The Hall–Kier alpha value is -3.20. The maximum absolute atomic E-state index is 13.5. The average Bonchev–Trinajstić information content (AvgIpc) is 2.85. The molecule has 0 saturated heterocycles. The number of methoxy groups -OCH3 is 1. The van der Waals surface area contributed by atoms with Crippen LogP contribution in [0.5, 0.6) is 0 Å². The van der Waals surface area contributed by atoms with Gasteiger partial charge in [-0.3, -0.25) is 4.79 Å². The lowest BCUT2D eigenvalue weighted by Gasteiger charge is -2.43. The highest BCUT2D eigenvalue weighted by molar-refractivity contribution is 5.97. The topological polar surface area (TPSA) is 43.4 Å². The standard InChI is InChI=1S/C33H38O3/c1-21-8-10-24(11-9-21)30(34)20-27(23-12-14-25(15-13-23)31(35)36-7)26-19-29-28(18-22(26)2)32(3,4)16-17-33(29,5)6/h8-15,18-19,27H,16-17,20H2,1-7H3. The molecular formula is C33H38O3. The van der Waals surface area contributed by atoms with Gasteiger partial charge in [0.1, 0.15) is 0 Å². The predicted molar refractivity (Wildman–Crippen MR) is 146 cm³/mol. The summed E-state index contributed by atoms with van der Waals surface area (Å²) in [5, 5.41) is 0. The number of ether oxygens (including phenoxy) is 1. The van der Waals surface area contributed by atoms with Crippen LogP contribution in [-0.4, -0.2) is 18.9 Å². The Bertz CT molecular complexity index is 1280. The highest BCUT2D eigenvalue weighted by Crippen LogP contribution is 2.48. The van der Waals surface area contributed by atoms with Crippen molar-refractivity contribution in [3.05, 3.63) is 105 Å². The minimum atomic E-state index is -0.359. The zero-order valence-electron chi connectivity index (χ0n) is 22.7. The van der Waals surface area contributed by atoms with E-state index in [2.05, 4.69) is 46.8 Å². The molecule has 188 valence electrons. The van der Waals surface area contributed by atoms with E-state index >= 15 is 0 Å². The summed E-state index contributed by atoms with van der Waals surface area (Å²) in [7, 11) is 1.39. The number of hydrogen-bond acceptors (Lipinski definition) is 3. The van der Waals surface area contributed by atoms with Gasteiger partial charge in [0.2, 0.25) is 0 Å². The molecule has 0 fully saturated rings. The number of carbonyl (C=O) groups is 2. The lowest BCUT2D eigenvalue weighted by atomic mass is 9.62. The second-order valence-corrected chi connectivity index (χ2v) is 11.7. The largest absolute Gasteiger partial charge is 0.465 e. The van der Waals surface area contributed by atoms with Gasteiger partial charge in [-0.1, -0.05) is 81.8 Å². The molecule has 1 atom stereocenters. The van der Waals surface area contributed by atoms with E-state index in [-0.39, 0.29) is 28.5 Å². The van der Waals surface area contributed by atoms with Crippen molar-refractivity contribution < 1.29 is 14.3 Å². The summed E-state index contributed by atoms with van der Waals surface area (Å²) in [6.07, 6.45) is 2.66. The van der Waals surface area contributed by atoms with Gasteiger partial charge in [-0.2, -0.15) is 0 Å². The quantitative estimate of drug-likeness (QED) is 0.265. The van der Waals surface area contributed by atoms with Crippen LogP contribution in [0.2, 0.25) is 0 Å². The van der Waals surface area contributed by atoms with Crippen LogP contribution in [0.4, 0.5) is 0 Å². The summed E-state index contributed by atoms with van der Waals surface area (Å²) in [6.45, 7) is 13.5. The van der Waals surface area contributed by atoms with Gasteiger partial charge >= 0.3 is 5.97 Å². The van der Waals surface area contributed by atoms with Crippen LogP contribution in [0.1, 0.15) is 107 Å². The van der Waals surface area contributed by atoms with Crippen LogP contribution in [0, 0.1) is 13.8 Å². The monoisotopic (exact) mass is 482 g/mol. The van der Waals surface area contributed by atoms with Crippen LogP contribution in [-0.2, 0) is 15.6 Å². The highest BCUT2D eigenvalue weighted by atomic mass is 16.5. The summed E-state index contributed by atoms with van der Waals surface area (Å²) < 4.78 is 4.88. The maximum Gasteiger partial charge on any atom is 0.337 e. The van der Waals surface area contributed by atoms with Crippen molar-refractivity contribution in [2.24, 2.45) is 0 Å². The first-order chi connectivity index (χ1) is 16.9. The first kappa shape index (κ1) is 25.9.